The molecule has 0 amide bonds. The fourth-order valence-corrected chi connectivity index (χ4v) is 3.50. The van der Waals surface area contributed by atoms with Crippen LogP contribution in [0.4, 0.5) is 0 Å². The molecule has 2 aromatic heterocycles. The second-order valence-electron chi connectivity index (χ2n) is 5.87. The van der Waals surface area contributed by atoms with E-state index in [1.54, 1.807) is 11.3 Å². The smallest absolute Gasteiger partial charge is 0.194 e. The predicted molar refractivity (Wildman–Crippen MR) is 113 cm³/mol. The summed E-state index contributed by atoms with van der Waals surface area (Å²) in [6, 6.07) is 2.17. The number of nitrogens with zero attached hydrogens (tertiary/aromatic N) is 4. The van der Waals surface area contributed by atoms with Crippen LogP contribution in [-0.2, 0) is 18.2 Å². The molecular formula is C17H26IN5OS. The largest absolute Gasteiger partial charge is 0.370 e. The minimum Gasteiger partial charge on any atom is -0.370 e. The summed E-state index contributed by atoms with van der Waals surface area (Å²) in [5.74, 6) is 0.977. The van der Waals surface area contributed by atoms with Crippen LogP contribution in [0.1, 0.15) is 24.2 Å². The monoisotopic (exact) mass is 475 g/mol. The molecule has 3 heterocycles. The second-order valence-corrected chi connectivity index (χ2v) is 6.65. The third-order valence-corrected chi connectivity index (χ3v) is 4.77. The van der Waals surface area contributed by atoms with Crippen LogP contribution >= 0.6 is 35.3 Å². The first kappa shape index (κ1) is 20.2. The molecule has 3 rings (SSSR count). The Bertz CT molecular complexity index is 658. The second kappa shape index (κ2) is 10.1. The molecule has 25 heavy (non-hydrogen) atoms. The van der Waals surface area contributed by atoms with E-state index in [4.69, 9.17) is 9.73 Å². The number of halogens is 1. The molecule has 1 unspecified atom stereocenters. The molecule has 2 aromatic rings. The highest BCUT2D eigenvalue weighted by atomic mass is 127. The Hall–Kier alpha value is -1.13. The van der Waals surface area contributed by atoms with E-state index in [2.05, 4.69) is 39.1 Å². The first-order chi connectivity index (χ1) is 11.8. The van der Waals surface area contributed by atoms with Crippen LogP contribution in [0.25, 0.3) is 0 Å². The van der Waals surface area contributed by atoms with Crippen LogP contribution in [0, 0.1) is 0 Å². The third-order valence-electron chi connectivity index (χ3n) is 4.04. The molecule has 1 N–H and O–H groups in total. The van der Waals surface area contributed by atoms with Gasteiger partial charge < -0.3 is 15.0 Å². The summed E-state index contributed by atoms with van der Waals surface area (Å²) in [5, 5.41) is 12.0. The highest BCUT2D eigenvalue weighted by molar-refractivity contribution is 14.0. The minimum atomic E-state index is 0. The van der Waals surface area contributed by atoms with Crippen molar-refractivity contribution in [3.63, 3.8) is 0 Å². The highest BCUT2D eigenvalue weighted by Crippen LogP contribution is 2.21. The lowest BCUT2D eigenvalue weighted by molar-refractivity contribution is -0.00803. The summed E-state index contributed by atoms with van der Waals surface area (Å²) in [6.45, 7) is 6.14. The normalized spacial score (nSPS) is 18.1. The fourth-order valence-electron chi connectivity index (χ4n) is 2.80. The lowest BCUT2D eigenvalue weighted by Crippen LogP contribution is -2.48. The Balaban J connectivity index is 0.00000225. The quantitative estimate of drug-likeness (QED) is 0.411. The number of hydrogen-bond donors (Lipinski definition) is 1. The van der Waals surface area contributed by atoms with Crippen molar-refractivity contribution in [2.75, 3.05) is 32.8 Å². The molecule has 1 fully saturated rings. The first-order valence-electron chi connectivity index (χ1n) is 8.40. The van der Waals surface area contributed by atoms with E-state index in [1.165, 1.54) is 5.56 Å². The van der Waals surface area contributed by atoms with Gasteiger partial charge in [0.25, 0.3) is 0 Å². The fraction of sp³-hybridized carbons (Fsp3) is 0.529. The molecule has 1 atom stereocenters. The molecule has 6 nitrogen and oxygen atoms in total. The molecule has 138 valence electrons. The van der Waals surface area contributed by atoms with Crippen molar-refractivity contribution in [3.8, 4) is 0 Å². The van der Waals surface area contributed by atoms with Gasteiger partial charge in [-0.25, -0.2) is 0 Å². The molecular weight excluding hydrogens is 449 g/mol. The van der Waals surface area contributed by atoms with Crippen molar-refractivity contribution in [2.24, 2.45) is 12.0 Å². The molecule has 1 aliphatic rings. The average Bonchev–Trinajstić information content (AvgIpc) is 3.26. The molecule has 0 saturated carbocycles. The van der Waals surface area contributed by atoms with Crippen molar-refractivity contribution in [1.29, 1.82) is 0 Å². The Morgan fingerprint density at radius 1 is 1.52 bits per heavy atom. The van der Waals surface area contributed by atoms with E-state index >= 15 is 0 Å². The topological polar surface area (TPSA) is 54.7 Å². The lowest BCUT2D eigenvalue weighted by Gasteiger charge is -2.34. The van der Waals surface area contributed by atoms with Crippen LogP contribution in [0.2, 0.25) is 0 Å². The summed E-state index contributed by atoms with van der Waals surface area (Å²) in [6.07, 6.45) is 4.94. The number of aromatic nitrogens is 2. The van der Waals surface area contributed by atoms with Crippen LogP contribution in [0.15, 0.2) is 34.2 Å². The van der Waals surface area contributed by atoms with Gasteiger partial charge in [-0.15, -0.1) is 24.0 Å². The van der Waals surface area contributed by atoms with Gasteiger partial charge in [0.2, 0.25) is 0 Å². The molecule has 1 aliphatic heterocycles. The third kappa shape index (κ3) is 5.68. The number of guanidine groups is 1. The van der Waals surface area contributed by atoms with Crippen LogP contribution in [0.3, 0.4) is 0 Å². The number of morpholine rings is 1. The Morgan fingerprint density at radius 2 is 2.40 bits per heavy atom. The van der Waals surface area contributed by atoms with E-state index < -0.39 is 0 Å². The SMILES string of the molecule is CCNC(=NCCc1ccsc1)N1CCOC(c2cnn(C)c2)C1.I. The van der Waals surface area contributed by atoms with E-state index in [-0.39, 0.29) is 30.1 Å². The predicted octanol–water partition coefficient (Wildman–Crippen LogP) is 2.68. The number of aliphatic imine (C=N–C) groups is 1. The standard InChI is InChI=1S/C17H25N5OS.HI/c1-3-18-17(19-6-4-14-5-9-24-13-14)22-7-8-23-16(12-22)15-10-20-21(2)11-15;/h5,9-11,13,16H,3-4,6-8,12H2,1-2H3,(H,18,19);1H. The van der Waals surface area contributed by atoms with Crippen molar-refractivity contribution in [3.05, 3.63) is 40.3 Å². The molecule has 0 radical (unpaired) electrons. The number of thiophene rings is 1. The zero-order chi connectivity index (χ0) is 16.8. The van der Waals surface area contributed by atoms with E-state index in [9.17, 15) is 0 Å². The molecule has 0 bridgehead atoms. The van der Waals surface area contributed by atoms with Crippen LogP contribution < -0.4 is 5.32 Å². The van der Waals surface area contributed by atoms with Gasteiger partial charge in [0.15, 0.2) is 5.96 Å². The van der Waals surface area contributed by atoms with Crippen molar-refractivity contribution in [2.45, 2.75) is 19.4 Å². The number of rotatable bonds is 5. The molecule has 8 heteroatoms. The van der Waals surface area contributed by atoms with Gasteiger partial charge >= 0.3 is 0 Å². The summed E-state index contributed by atoms with van der Waals surface area (Å²) < 4.78 is 7.74. The van der Waals surface area contributed by atoms with Crippen molar-refractivity contribution < 1.29 is 4.74 Å². The molecule has 0 aromatic carbocycles. The first-order valence-corrected chi connectivity index (χ1v) is 9.35. The maximum absolute atomic E-state index is 5.92. The average molecular weight is 475 g/mol. The molecule has 0 spiro atoms. The van der Waals surface area contributed by atoms with Gasteiger partial charge in [-0.1, -0.05) is 0 Å². The van der Waals surface area contributed by atoms with E-state index in [0.717, 1.165) is 44.1 Å². The Labute approximate surface area is 170 Å². The van der Waals surface area contributed by atoms with Crippen molar-refractivity contribution >= 4 is 41.3 Å². The van der Waals surface area contributed by atoms with Gasteiger partial charge in [-0.3, -0.25) is 9.67 Å². The number of nitrogens with one attached hydrogen (secondary N) is 1. The number of hydrogen-bond acceptors (Lipinski definition) is 4. The maximum Gasteiger partial charge on any atom is 0.194 e. The summed E-state index contributed by atoms with van der Waals surface area (Å²) in [7, 11) is 1.93. The zero-order valence-corrected chi connectivity index (χ0v) is 17.9. The van der Waals surface area contributed by atoms with Crippen LogP contribution in [-0.4, -0.2) is 53.4 Å². The number of aryl methyl sites for hydroxylation is 1. The molecule has 1 saturated heterocycles. The van der Waals surface area contributed by atoms with Gasteiger partial charge in [-0.2, -0.15) is 16.4 Å². The van der Waals surface area contributed by atoms with Gasteiger partial charge in [0.1, 0.15) is 6.10 Å². The van der Waals surface area contributed by atoms with Crippen molar-refractivity contribution in [1.82, 2.24) is 20.0 Å². The summed E-state index contributed by atoms with van der Waals surface area (Å²) in [5.41, 5.74) is 2.48. The van der Waals surface area contributed by atoms with Gasteiger partial charge in [-0.05, 0) is 35.7 Å². The van der Waals surface area contributed by atoms with E-state index in [0.29, 0.717) is 6.61 Å². The van der Waals surface area contributed by atoms with Crippen LogP contribution in [0.5, 0.6) is 0 Å². The van der Waals surface area contributed by atoms with E-state index in [1.807, 2.05) is 24.1 Å². The highest BCUT2D eigenvalue weighted by Gasteiger charge is 2.25. The Morgan fingerprint density at radius 3 is 3.08 bits per heavy atom. The Kier molecular flexibility index (Phi) is 8.17. The summed E-state index contributed by atoms with van der Waals surface area (Å²) >= 11 is 1.74. The van der Waals surface area contributed by atoms with Gasteiger partial charge in [0, 0.05) is 38.4 Å². The zero-order valence-electron chi connectivity index (χ0n) is 14.7. The molecule has 0 aliphatic carbocycles. The number of ether oxygens (including phenoxy) is 1. The maximum atomic E-state index is 5.92. The summed E-state index contributed by atoms with van der Waals surface area (Å²) in [4.78, 5) is 7.10. The lowest BCUT2D eigenvalue weighted by atomic mass is 10.1. The van der Waals surface area contributed by atoms with Gasteiger partial charge in [0.05, 0.1) is 19.3 Å². The minimum absolute atomic E-state index is 0.